The summed E-state index contributed by atoms with van der Waals surface area (Å²) in [6.07, 6.45) is 4.80. The first-order chi connectivity index (χ1) is 5.81. The van der Waals surface area contributed by atoms with E-state index in [9.17, 15) is 0 Å². The van der Waals surface area contributed by atoms with Gasteiger partial charge in [0.15, 0.2) is 0 Å². The maximum absolute atomic E-state index is 3.77. The van der Waals surface area contributed by atoms with Crippen LogP contribution in [0, 0.1) is 0 Å². The van der Waals surface area contributed by atoms with Crippen molar-refractivity contribution >= 4 is 12.2 Å². The quantitative estimate of drug-likeness (QED) is 0.631. The predicted octanol–water partition coefficient (Wildman–Crippen LogP) is 3.54. The molecular weight excluding hydrogens is 144 g/mol. The molecule has 0 saturated heterocycles. The van der Waals surface area contributed by atoms with Gasteiger partial charge in [0.1, 0.15) is 0 Å². The Hall–Kier alpha value is -1.30. The molecule has 0 aliphatic carbocycles. The topological polar surface area (TPSA) is 0 Å². The fourth-order valence-corrected chi connectivity index (χ4v) is 1.21. The Balaban J connectivity index is 3.18. The van der Waals surface area contributed by atoms with Gasteiger partial charge >= 0.3 is 0 Å². The maximum Gasteiger partial charge on any atom is -0.0187 e. The van der Waals surface area contributed by atoms with Gasteiger partial charge in [-0.1, -0.05) is 50.4 Å². The fourth-order valence-electron chi connectivity index (χ4n) is 1.21. The third-order valence-electron chi connectivity index (χ3n) is 2.00. The van der Waals surface area contributed by atoms with Crippen molar-refractivity contribution in [3.05, 3.63) is 48.0 Å². The molecule has 0 heteroatoms. The van der Waals surface area contributed by atoms with E-state index in [0.717, 1.165) is 12.0 Å². The minimum absolute atomic E-state index is 1.07. The molecule has 0 amide bonds. The lowest BCUT2D eigenvalue weighted by Gasteiger charge is -2.02. The summed E-state index contributed by atoms with van der Waals surface area (Å²) in [5.74, 6) is 0. The Morgan fingerprint density at radius 3 is 2.33 bits per heavy atom. The van der Waals surface area contributed by atoms with E-state index in [-0.39, 0.29) is 0 Å². The van der Waals surface area contributed by atoms with Gasteiger partial charge in [-0.25, -0.2) is 0 Å². The molecule has 0 aromatic heterocycles. The van der Waals surface area contributed by atoms with Crippen LogP contribution in [0.3, 0.4) is 0 Å². The standard InChI is InChI=1S/C12H14/c1-4-10-7-8-11(5-2)12(6-3)9-10/h5-9H,2-4H2,1H3. The second kappa shape index (κ2) is 3.91. The van der Waals surface area contributed by atoms with E-state index in [0.29, 0.717) is 0 Å². The molecule has 0 spiro atoms. The van der Waals surface area contributed by atoms with Crippen molar-refractivity contribution in [1.29, 1.82) is 0 Å². The molecule has 0 nitrogen and oxygen atoms in total. The van der Waals surface area contributed by atoms with E-state index in [2.05, 4.69) is 38.3 Å². The molecule has 12 heavy (non-hydrogen) atoms. The molecule has 1 aromatic carbocycles. The number of rotatable bonds is 3. The van der Waals surface area contributed by atoms with E-state index >= 15 is 0 Å². The van der Waals surface area contributed by atoms with Crippen LogP contribution >= 0.6 is 0 Å². The van der Waals surface area contributed by atoms with Gasteiger partial charge in [-0.3, -0.25) is 0 Å². The molecule has 0 heterocycles. The molecule has 0 unspecified atom stereocenters. The highest BCUT2D eigenvalue weighted by atomic mass is 14.0. The van der Waals surface area contributed by atoms with Crippen molar-refractivity contribution in [3.63, 3.8) is 0 Å². The van der Waals surface area contributed by atoms with Gasteiger partial charge in [0.05, 0.1) is 0 Å². The van der Waals surface area contributed by atoms with Crippen LogP contribution in [-0.4, -0.2) is 0 Å². The Kier molecular flexibility index (Phi) is 2.87. The number of benzene rings is 1. The molecule has 0 N–H and O–H groups in total. The molecular formula is C12H14. The van der Waals surface area contributed by atoms with Gasteiger partial charge in [0.25, 0.3) is 0 Å². The first-order valence-corrected chi connectivity index (χ1v) is 4.19. The second-order valence-corrected chi connectivity index (χ2v) is 2.73. The minimum atomic E-state index is 1.07. The van der Waals surface area contributed by atoms with Crippen LogP contribution in [0.25, 0.3) is 12.2 Å². The molecule has 0 fully saturated rings. The first-order valence-electron chi connectivity index (χ1n) is 4.19. The van der Waals surface area contributed by atoms with Crippen molar-refractivity contribution in [3.8, 4) is 0 Å². The van der Waals surface area contributed by atoms with Crippen molar-refractivity contribution in [2.75, 3.05) is 0 Å². The smallest absolute Gasteiger partial charge is 0.0187 e. The van der Waals surface area contributed by atoms with Crippen molar-refractivity contribution in [2.24, 2.45) is 0 Å². The van der Waals surface area contributed by atoms with E-state index in [1.165, 1.54) is 11.1 Å². The number of hydrogen-bond acceptors (Lipinski definition) is 0. The average Bonchev–Trinajstić information content (AvgIpc) is 2.16. The average molecular weight is 158 g/mol. The lowest BCUT2D eigenvalue weighted by Crippen LogP contribution is -1.84. The minimum Gasteiger partial charge on any atom is -0.0984 e. The van der Waals surface area contributed by atoms with E-state index in [1.807, 2.05) is 12.2 Å². The van der Waals surface area contributed by atoms with E-state index in [4.69, 9.17) is 0 Å². The first kappa shape index (κ1) is 8.79. The molecule has 0 aliphatic heterocycles. The largest absolute Gasteiger partial charge is 0.0984 e. The summed E-state index contributed by atoms with van der Waals surface area (Å²) in [6, 6.07) is 6.37. The van der Waals surface area contributed by atoms with Crippen LogP contribution in [0.1, 0.15) is 23.6 Å². The van der Waals surface area contributed by atoms with Crippen molar-refractivity contribution < 1.29 is 0 Å². The third-order valence-corrected chi connectivity index (χ3v) is 2.00. The summed E-state index contributed by atoms with van der Waals surface area (Å²) >= 11 is 0. The third kappa shape index (κ3) is 1.65. The van der Waals surface area contributed by atoms with Crippen LogP contribution in [0.2, 0.25) is 0 Å². The van der Waals surface area contributed by atoms with E-state index in [1.54, 1.807) is 0 Å². The molecule has 0 aliphatic rings. The number of hydrogen-bond donors (Lipinski definition) is 0. The Bertz CT molecular complexity index is 295. The molecule has 1 aromatic rings. The highest BCUT2D eigenvalue weighted by Gasteiger charge is 1.95. The van der Waals surface area contributed by atoms with Crippen LogP contribution in [0.15, 0.2) is 31.4 Å². The lowest BCUT2D eigenvalue weighted by atomic mass is 10.0. The fraction of sp³-hybridized carbons (Fsp3) is 0.167. The molecule has 0 bridgehead atoms. The molecule has 0 atom stereocenters. The summed E-state index contributed by atoms with van der Waals surface area (Å²) in [6.45, 7) is 9.66. The maximum atomic E-state index is 3.77. The van der Waals surface area contributed by atoms with Crippen molar-refractivity contribution in [2.45, 2.75) is 13.3 Å². The molecule has 62 valence electrons. The number of aryl methyl sites for hydroxylation is 1. The molecule has 0 radical (unpaired) electrons. The Morgan fingerprint density at radius 1 is 1.17 bits per heavy atom. The zero-order chi connectivity index (χ0) is 8.97. The lowest BCUT2D eigenvalue weighted by molar-refractivity contribution is 1.14. The van der Waals surface area contributed by atoms with Gasteiger partial charge in [0, 0.05) is 0 Å². The highest BCUT2D eigenvalue weighted by Crippen LogP contribution is 2.14. The van der Waals surface area contributed by atoms with E-state index < -0.39 is 0 Å². The normalized spacial score (nSPS) is 9.42. The van der Waals surface area contributed by atoms with Gasteiger partial charge in [0.2, 0.25) is 0 Å². The Morgan fingerprint density at radius 2 is 1.83 bits per heavy atom. The summed E-state index contributed by atoms with van der Waals surface area (Å²) in [5.41, 5.74) is 3.67. The van der Waals surface area contributed by atoms with Gasteiger partial charge < -0.3 is 0 Å². The molecule has 0 saturated carbocycles. The molecule has 1 rings (SSSR count). The Labute approximate surface area is 74.2 Å². The van der Waals surface area contributed by atoms with Crippen molar-refractivity contribution in [1.82, 2.24) is 0 Å². The highest BCUT2D eigenvalue weighted by molar-refractivity contribution is 5.64. The summed E-state index contributed by atoms with van der Waals surface area (Å²) in [7, 11) is 0. The van der Waals surface area contributed by atoms with Gasteiger partial charge in [-0.05, 0) is 23.1 Å². The zero-order valence-electron chi connectivity index (χ0n) is 7.51. The van der Waals surface area contributed by atoms with Crippen LogP contribution in [-0.2, 0) is 6.42 Å². The summed E-state index contributed by atoms with van der Waals surface area (Å²) in [4.78, 5) is 0. The predicted molar refractivity (Wildman–Crippen MR) is 56.0 cm³/mol. The van der Waals surface area contributed by atoms with Gasteiger partial charge in [-0.2, -0.15) is 0 Å². The van der Waals surface area contributed by atoms with Crippen LogP contribution in [0.5, 0.6) is 0 Å². The SMILES string of the molecule is C=Cc1ccc(CC)cc1C=C. The monoisotopic (exact) mass is 158 g/mol. The summed E-state index contributed by atoms with van der Waals surface area (Å²) < 4.78 is 0. The zero-order valence-corrected chi connectivity index (χ0v) is 7.51. The van der Waals surface area contributed by atoms with Gasteiger partial charge in [-0.15, -0.1) is 0 Å². The summed E-state index contributed by atoms with van der Waals surface area (Å²) in [5, 5.41) is 0. The second-order valence-electron chi connectivity index (χ2n) is 2.73. The van der Waals surface area contributed by atoms with Crippen LogP contribution < -0.4 is 0 Å². The van der Waals surface area contributed by atoms with Crippen LogP contribution in [0.4, 0.5) is 0 Å².